The SMILES string of the molecule is C/C=C/C(=O)N1CCCC(Oc2cnccn2)C1. The Balaban J connectivity index is 1.93. The van der Waals surface area contributed by atoms with Crippen LogP contribution >= 0.6 is 0 Å². The van der Waals surface area contributed by atoms with Crippen LogP contribution in [0.2, 0.25) is 0 Å². The maximum absolute atomic E-state index is 11.8. The van der Waals surface area contributed by atoms with E-state index in [2.05, 4.69) is 9.97 Å². The molecule has 0 spiro atoms. The molecule has 1 aliphatic heterocycles. The van der Waals surface area contributed by atoms with E-state index in [-0.39, 0.29) is 12.0 Å². The molecule has 18 heavy (non-hydrogen) atoms. The van der Waals surface area contributed by atoms with Crippen LogP contribution in [0.25, 0.3) is 0 Å². The number of carbonyl (C=O) groups excluding carboxylic acids is 1. The van der Waals surface area contributed by atoms with Crippen LogP contribution in [0.1, 0.15) is 19.8 Å². The smallest absolute Gasteiger partial charge is 0.246 e. The molecule has 1 unspecified atom stereocenters. The maximum atomic E-state index is 11.8. The van der Waals surface area contributed by atoms with Gasteiger partial charge in [-0.25, -0.2) is 4.98 Å². The molecule has 1 amide bonds. The topological polar surface area (TPSA) is 55.3 Å². The van der Waals surface area contributed by atoms with Crippen LogP contribution < -0.4 is 4.74 Å². The van der Waals surface area contributed by atoms with Gasteiger partial charge in [-0.15, -0.1) is 0 Å². The maximum Gasteiger partial charge on any atom is 0.246 e. The van der Waals surface area contributed by atoms with E-state index >= 15 is 0 Å². The molecule has 0 bridgehead atoms. The van der Waals surface area contributed by atoms with Crippen molar-refractivity contribution in [3.8, 4) is 5.88 Å². The Morgan fingerprint density at radius 1 is 1.56 bits per heavy atom. The predicted octanol–water partition coefficient (Wildman–Crippen LogP) is 1.42. The Morgan fingerprint density at radius 3 is 3.17 bits per heavy atom. The fourth-order valence-corrected chi connectivity index (χ4v) is 2.00. The second-order valence-corrected chi connectivity index (χ2v) is 4.21. The number of ether oxygens (including phenoxy) is 1. The first kappa shape index (κ1) is 12.5. The largest absolute Gasteiger partial charge is 0.471 e. The minimum absolute atomic E-state index is 0.00431. The highest BCUT2D eigenvalue weighted by Crippen LogP contribution is 2.16. The standard InChI is InChI=1S/C13H17N3O2/c1-2-4-13(17)16-8-3-5-11(10-16)18-12-9-14-6-7-15-12/h2,4,6-7,9,11H,3,5,8,10H2,1H3/b4-2+. The zero-order valence-electron chi connectivity index (χ0n) is 10.5. The highest BCUT2D eigenvalue weighted by Gasteiger charge is 2.23. The molecule has 0 aromatic carbocycles. The number of hydrogen-bond donors (Lipinski definition) is 0. The van der Waals surface area contributed by atoms with Gasteiger partial charge in [0.1, 0.15) is 6.10 Å². The van der Waals surface area contributed by atoms with Crippen molar-refractivity contribution in [2.24, 2.45) is 0 Å². The van der Waals surface area contributed by atoms with E-state index in [0.29, 0.717) is 12.4 Å². The molecule has 1 aromatic rings. The fraction of sp³-hybridized carbons (Fsp3) is 0.462. The molecule has 0 radical (unpaired) electrons. The Bertz CT molecular complexity index is 420. The Hall–Kier alpha value is -1.91. The van der Waals surface area contributed by atoms with Gasteiger partial charge in [0.05, 0.1) is 12.7 Å². The summed E-state index contributed by atoms with van der Waals surface area (Å²) < 4.78 is 5.72. The number of piperidine rings is 1. The van der Waals surface area contributed by atoms with Gasteiger partial charge < -0.3 is 9.64 Å². The molecule has 2 heterocycles. The van der Waals surface area contributed by atoms with Gasteiger partial charge in [-0.1, -0.05) is 6.08 Å². The molecule has 1 aromatic heterocycles. The highest BCUT2D eigenvalue weighted by molar-refractivity contribution is 5.87. The van der Waals surface area contributed by atoms with E-state index < -0.39 is 0 Å². The molecule has 96 valence electrons. The molecular formula is C13H17N3O2. The summed E-state index contributed by atoms with van der Waals surface area (Å²) in [7, 11) is 0. The van der Waals surface area contributed by atoms with E-state index in [1.165, 1.54) is 0 Å². The van der Waals surface area contributed by atoms with Crippen molar-refractivity contribution in [2.75, 3.05) is 13.1 Å². The lowest BCUT2D eigenvalue weighted by Crippen LogP contribution is -2.43. The molecule has 0 saturated carbocycles. The van der Waals surface area contributed by atoms with E-state index in [9.17, 15) is 4.79 Å². The molecular weight excluding hydrogens is 230 g/mol. The summed E-state index contributed by atoms with van der Waals surface area (Å²) in [6, 6.07) is 0. The molecule has 1 atom stereocenters. The van der Waals surface area contributed by atoms with Crippen molar-refractivity contribution in [2.45, 2.75) is 25.9 Å². The van der Waals surface area contributed by atoms with Crippen molar-refractivity contribution in [1.29, 1.82) is 0 Å². The van der Waals surface area contributed by atoms with Crippen molar-refractivity contribution >= 4 is 5.91 Å². The number of rotatable bonds is 3. The fourth-order valence-electron chi connectivity index (χ4n) is 2.00. The lowest BCUT2D eigenvalue weighted by molar-refractivity contribution is -0.128. The van der Waals surface area contributed by atoms with Crippen LogP contribution in [0.4, 0.5) is 0 Å². The number of hydrogen-bond acceptors (Lipinski definition) is 4. The average Bonchev–Trinajstić information content (AvgIpc) is 2.40. The summed E-state index contributed by atoms with van der Waals surface area (Å²) in [6.07, 6.45) is 10.0. The number of likely N-dealkylation sites (tertiary alicyclic amines) is 1. The first-order valence-corrected chi connectivity index (χ1v) is 6.14. The first-order chi connectivity index (χ1) is 8.79. The highest BCUT2D eigenvalue weighted by atomic mass is 16.5. The lowest BCUT2D eigenvalue weighted by atomic mass is 10.1. The van der Waals surface area contributed by atoms with Crippen LogP contribution in [0.15, 0.2) is 30.7 Å². The van der Waals surface area contributed by atoms with Gasteiger partial charge in [0.15, 0.2) is 0 Å². The van der Waals surface area contributed by atoms with E-state index in [1.54, 1.807) is 30.7 Å². The van der Waals surface area contributed by atoms with Crippen LogP contribution in [0.5, 0.6) is 5.88 Å². The molecule has 5 nitrogen and oxygen atoms in total. The van der Waals surface area contributed by atoms with Gasteiger partial charge in [-0.2, -0.15) is 0 Å². The number of carbonyl (C=O) groups is 1. The summed E-state index contributed by atoms with van der Waals surface area (Å²) in [4.78, 5) is 21.6. The second-order valence-electron chi connectivity index (χ2n) is 4.21. The molecule has 5 heteroatoms. The monoisotopic (exact) mass is 247 g/mol. The van der Waals surface area contributed by atoms with Gasteiger partial charge in [0.2, 0.25) is 11.8 Å². The molecule has 1 aliphatic rings. The molecule has 1 saturated heterocycles. The lowest BCUT2D eigenvalue weighted by Gasteiger charge is -2.31. The third-order valence-electron chi connectivity index (χ3n) is 2.83. The van der Waals surface area contributed by atoms with Gasteiger partial charge in [0.25, 0.3) is 0 Å². The Morgan fingerprint density at radius 2 is 2.44 bits per heavy atom. The van der Waals surface area contributed by atoms with Crippen LogP contribution in [0, 0.1) is 0 Å². The van der Waals surface area contributed by atoms with E-state index in [0.717, 1.165) is 19.4 Å². The minimum Gasteiger partial charge on any atom is -0.471 e. The zero-order valence-corrected chi connectivity index (χ0v) is 10.5. The predicted molar refractivity (Wildman–Crippen MR) is 67.1 cm³/mol. The summed E-state index contributed by atoms with van der Waals surface area (Å²) in [5.41, 5.74) is 0. The van der Waals surface area contributed by atoms with Gasteiger partial charge in [-0.05, 0) is 25.8 Å². The zero-order chi connectivity index (χ0) is 12.8. The number of aromatic nitrogens is 2. The molecule has 0 N–H and O–H groups in total. The Kier molecular flexibility index (Phi) is 4.28. The Labute approximate surface area is 106 Å². The third-order valence-corrected chi connectivity index (χ3v) is 2.83. The van der Waals surface area contributed by atoms with Crippen LogP contribution in [-0.4, -0.2) is 40.0 Å². The number of amides is 1. The molecule has 0 aliphatic carbocycles. The minimum atomic E-state index is 0.00431. The second kappa shape index (κ2) is 6.14. The van der Waals surface area contributed by atoms with Crippen LogP contribution in [-0.2, 0) is 4.79 Å². The van der Waals surface area contributed by atoms with Crippen molar-refractivity contribution in [3.63, 3.8) is 0 Å². The van der Waals surface area contributed by atoms with E-state index in [4.69, 9.17) is 4.74 Å². The van der Waals surface area contributed by atoms with Gasteiger partial charge in [0, 0.05) is 18.9 Å². The summed E-state index contributed by atoms with van der Waals surface area (Å²) in [5.74, 6) is 0.563. The summed E-state index contributed by atoms with van der Waals surface area (Å²) in [6.45, 7) is 3.25. The van der Waals surface area contributed by atoms with Crippen LogP contribution in [0.3, 0.4) is 0 Å². The van der Waals surface area contributed by atoms with Crippen molar-refractivity contribution in [1.82, 2.24) is 14.9 Å². The van der Waals surface area contributed by atoms with Gasteiger partial charge >= 0.3 is 0 Å². The third kappa shape index (κ3) is 3.29. The van der Waals surface area contributed by atoms with E-state index in [1.807, 2.05) is 11.8 Å². The summed E-state index contributed by atoms with van der Waals surface area (Å²) in [5, 5.41) is 0. The normalized spacial score (nSPS) is 20.1. The molecule has 2 rings (SSSR count). The van der Waals surface area contributed by atoms with Crippen molar-refractivity contribution in [3.05, 3.63) is 30.7 Å². The number of allylic oxidation sites excluding steroid dienone is 1. The van der Waals surface area contributed by atoms with Gasteiger partial charge in [-0.3, -0.25) is 9.78 Å². The summed E-state index contributed by atoms with van der Waals surface area (Å²) >= 11 is 0. The average molecular weight is 247 g/mol. The quantitative estimate of drug-likeness (QED) is 0.758. The number of nitrogens with zero attached hydrogens (tertiary/aromatic N) is 3. The molecule has 1 fully saturated rings. The first-order valence-electron chi connectivity index (χ1n) is 6.14. The van der Waals surface area contributed by atoms with Crippen molar-refractivity contribution < 1.29 is 9.53 Å².